The molecule has 2 atom stereocenters. The lowest BCUT2D eigenvalue weighted by Gasteiger charge is -2.32. The minimum Gasteiger partial charge on any atom is -0.293 e. The molecule has 0 radical (unpaired) electrons. The smallest absolute Gasteiger partial charge is 0.175 e. The second kappa shape index (κ2) is 5.61. The summed E-state index contributed by atoms with van der Waals surface area (Å²) in [7, 11) is 0. The van der Waals surface area contributed by atoms with Crippen molar-refractivity contribution in [3.63, 3.8) is 0 Å². The molecule has 2 aromatic rings. The van der Waals surface area contributed by atoms with Crippen LogP contribution in [0.5, 0.6) is 0 Å². The van der Waals surface area contributed by atoms with Gasteiger partial charge < -0.3 is 0 Å². The van der Waals surface area contributed by atoms with E-state index in [0.717, 1.165) is 16.7 Å². The van der Waals surface area contributed by atoms with Crippen LogP contribution in [0.3, 0.4) is 0 Å². The molecule has 108 valence electrons. The molecule has 0 saturated carbocycles. The Morgan fingerprint density at radius 2 is 1.64 bits per heavy atom. The second-order valence-electron chi connectivity index (χ2n) is 5.94. The van der Waals surface area contributed by atoms with Gasteiger partial charge in [0, 0.05) is 5.92 Å². The minimum absolute atomic E-state index is 0.0611. The summed E-state index contributed by atoms with van der Waals surface area (Å²) < 4.78 is 0. The SMILES string of the molecule is C[C@]1(C#N)C[C@@H](c2ccccc2)C(c2ccccc2)=CC1=O. The van der Waals surface area contributed by atoms with Crippen LogP contribution in [0.25, 0.3) is 5.57 Å². The summed E-state index contributed by atoms with van der Waals surface area (Å²) >= 11 is 0. The first-order chi connectivity index (χ1) is 10.6. The standard InChI is InChI=1S/C20H17NO/c1-20(14-21)13-18(16-10-6-3-7-11-16)17(12-19(20)22)15-8-4-2-5-9-15/h2-12,18H,13H2,1H3/t18-,20+/m0/s1. The molecule has 0 bridgehead atoms. The molecule has 0 spiro atoms. The molecular weight excluding hydrogens is 270 g/mol. The van der Waals surface area contributed by atoms with Gasteiger partial charge in [-0.25, -0.2) is 0 Å². The van der Waals surface area contributed by atoms with Crippen LogP contribution in [0.15, 0.2) is 66.7 Å². The summed E-state index contributed by atoms with van der Waals surface area (Å²) in [4.78, 5) is 12.4. The molecule has 2 aromatic carbocycles. The van der Waals surface area contributed by atoms with Gasteiger partial charge in [-0.2, -0.15) is 5.26 Å². The van der Waals surface area contributed by atoms with Crippen LogP contribution in [-0.2, 0) is 4.79 Å². The van der Waals surface area contributed by atoms with E-state index in [1.165, 1.54) is 0 Å². The fourth-order valence-corrected chi connectivity index (χ4v) is 3.02. The van der Waals surface area contributed by atoms with E-state index in [1.807, 2.05) is 48.5 Å². The van der Waals surface area contributed by atoms with Crippen molar-refractivity contribution in [3.8, 4) is 6.07 Å². The molecule has 0 aliphatic heterocycles. The number of nitrogens with zero attached hydrogens (tertiary/aromatic N) is 1. The number of carbonyl (C=O) groups is 1. The molecule has 2 nitrogen and oxygen atoms in total. The molecular formula is C20H17NO. The van der Waals surface area contributed by atoms with Crippen molar-refractivity contribution < 1.29 is 4.79 Å². The van der Waals surface area contributed by atoms with Crippen molar-refractivity contribution in [1.82, 2.24) is 0 Å². The molecule has 22 heavy (non-hydrogen) atoms. The largest absolute Gasteiger partial charge is 0.293 e. The van der Waals surface area contributed by atoms with Crippen molar-refractivity contribution >= 4 is 11.4 Å². The molecule has 0 amide bonds. The van der Waals surface area contributed by atoms with Gasteiger partial charge in [-0.05, 0) is 36.1 Å². The normalized spacial score (nSPS) is 24.5. The zero-order valence-electron chi connectivity index (χ0n) is 12.5. The summed E-state index contributed by atoms with van der Waals surface area (Å²) in [5, 5.41) is 9.44. The Labute approximate surface area is 130 Å². The number of benzene rings is 2. The highest BCUT2D eigenvalue weighted by atomic mass is 16.1. The Kier molecular flexibility index (Phi) is 3.65. The topological polar surface area (TPSA) is 40.9 Å². The molecule has 0 aromatic heterocycles. The molecule has 0 N–H and O–H groups in total. The number of ketones is 1. The quantitative estimate of drug-likeness (QED) is 0.823. The van der Waals surface area contributed by atoms with E-state index in [2.05, 4.69) is 18.2 Å². The van der Waals surface area contributed by atoms with Gasteiger partial charge in [-0.3, -0.25) is 4.79 Å². The first kappa shape index (κ1) is 14.3. The molecule has 0 saturated heterocycles. The van der Waals surface area contributed by atoms with Crippen LogP contribution in [0, 0.1) is 16.7 Å². The Balaban J connectivity index is 2.14. The lowest BCUT2D eigenvalue weighted by atomic mass is 9.68. The first-order valence-electron chi connectivity index (χ1n) is 7.42. The average Bonchev–Trinajstić information content (AvgIpc) is 2.58. The Hall–Kier alpha value is -2.66. The van der Waals surface area contributed by atoms with Crippen molar-refractivity contribution in [2.45, 2.75) is 19.3 Å². The van der Waals surface area contributed by atoms with Crippen LogP contribution in [-0.4, -0.2) is 5.78 Å². The highest BCUT2D eigenvalue weighted by molar-refractivity contribution is 6.05. The fraction of sp³-hybridized carbons (Fsp3) is 0.200. The van der Waals surface area contributed by atoms with Crippen molar-refractivity contribution in [3.05, 3.63) is 77.9 Å². The van der Waals surface area contributed by atoms with E-state index >= 15 is 0 Å². The van der Waals surface area contributed by atoms with Gasteiger partial charge in [0.1, 0.15) is 5.41 Å². The molecule has 2 heteroatoms. The van der Waals surface area contributed by atoms with Crippen LogP contribution >= 0.6 is 0 Å². The van der Waals surface area contributed by atoms with Crippen molar-refractivity contribution in [1.29, 1.82) is 5.26 Å². The van der Waals surface area contributed by atoms with Gasteiger partial charge in [0.25, 0.3) is 0 Å². The van der Waals surface area contributed by atoms with Gasteiger partial charge in [0.15, 0.2) is 5.78 Å². The minimum atomic E-state index is -0.946. The predicted octanol–water partition coefficient (Wildman–Crippen LogP) is 4.36. The summed E-state index contributed by atoms with van der Waals surface area (Å²) in [6.45, 7) is 1.74. The summed E-state index contributed by atoms with van der Waals surface area (Å²) in [5.74, 6) is -0.0352. The Bertz CT molecular complexity index is 755. The number of allylic oxidation sites excluding steroid dienone is 2. The Morgan fingerprint density at radius 3 is 2.23 bits per heavy atom. The number of nitriles is 1. The maximum absolute atomic E-state index is 12.4. The third-order valence-electron chi connectivity index (χ3n) is 4.37. The van der Waals surface area contributed by atoms with E-state index < -0.39 is 5.41 Å². The van der Waals surface area contributed by atoms with Crippen LogP contribution in [0.2, 0.25) is 0 Å². The van der Waals surface area contributed by atoms with Crippen molar-refractivity contribution in [2.24, 2.45) is 5.41 Å². The van der Waals surface area contributed by atoms with E-state index in [0.29, 0.717) is 6.42 Å². The molecule has 1 aliphatic carbocycles. The van der Waals surface area contributed by atoms with E-state index in [4.69, 9.17) is 0 Å². The van der Waals surface area contributed by atoms with Gasteiger partial charge in [0.05, 0.1) is 6.07 Å². The van der Waals surface area contributed by atoms with Crippen molar-refractivity contribution in [2.75, 3.05) is 0 Å². The highest BCUT2D eigenvalue weighted by Gasteiger charge is 2.40. The monoisotopic (exact) mass is 287 g/mol. The summed E-state index contributed by atoms with van der Waals surface area (Å²) in [6, 6.07) is 22.3. The summed E-state index contributed by atoms with van der Waals surface area (Å²) in [6.07, 6.45) is 2.19. The third-order valence-corrected chi connectivity index (χ3v) is 4.37. The number of rotatable bonds is 2. The average molecular weight is 287 g/mol. The second-order valence-corrected chi connectivity index (χ2v) is 5.94. The number of hydrogen-bond donors (Lipinski definition) is 0. The van der Waals surface area contributed by atoms with Gasteiger partial charge in [-0.15, -0.1) is 0 Å². The Morgan fingerprint density at radius 1 is 1.05 bits per heavy atom. The maximum atomic E-state index is 12.4. The molecule has 3 rings (SSSR count). The first-order valence-corrected chi connectivity index (χ1v) is 7.42. The zero-order chi connectivity index (χ0) is 15.6. The van der Waals surface area contributed by atoms with Gasteiger partial charge in [-0.1, -0.05) is 60.7 Å². The molecule has 0 heterocycles. The number of carbonyl (C=O) groups excluding carboxylic acids is 1. The molecule has 1 aliphatic rings. The molecule has 0 fully saturated rings. The fourth-order valence-electron chi connectivity index (χ4n) is 3.02. The van der Waals surface area contributed by atoms with E-state index in [-0.39, 0.29) is 11.7 Å². The van der Waals surface area contributed by atoms with Gasteiger partial charge in [0.2, 0.25) is 0 Å². The maximum Gasteiger partial charge on any atom is 0.175 e. The molecule has 0 unspecified atom stereocenters. The van der Waals surface area contributed by atoms with Gasteiger partial charge >= 0.3 is 0 Å². The zero-order valence-corrected chi connectivity index (χ0v) is 12.5. The third kappa shape index (κ3) is 2.46. The lowest BCUT2D eigenvalue weighted by Crippen LogP contribution is -2.31. The van der Waals surface area contributed by atoms with Crippen LogP contribution in [0.4, 0.5) is 0 Å². The lowest BCUT2D eigenvalue weighted by molar-refractivity contribution is -0.121. The predicted molar refractivity (Wildman–Crippen MR) is 86.9 cm³/mol. The van der Waals surface area contributed by atoms with E-state index in [1.54, 1.807) is 13.0 Å². The van der Waals surface area contributed by atoms with E-state index in [9.17, 15) is 10.1 Å². The highest BCUT2D eigenvalue weighted by Crippen LogP contribution is 2.45. The van der Waals surface area contributed by atoms with Crippen LogP contribution in [0.1, 0.15) is 30.4 Å². The van der Waals surface area contributed by atoms with Crippen LogP contribution < -0.4 is 0 Å². The summed E-state index contributed by atoms with van der Waals surface area (Å²) in [5.41, 5.74) is 2.25. The number of hydrogen-bond acceptors (Lipinski definition) is 2.